The van der Waals surface area contributed by atoms with Gasteiger partial charge in [-0.25, -0.2) is 0 Å². The first-order valence-corrected chi connectivity index (χ1v) is 13.7. The second kappa shape index (κ2) is 12.6. The molecule has 1 saturated heterocycles. The van der Waals surface area contributed by atoms with Gasteiger partial charge in [0.25, 0.3) is 5.60 Å². The van der Waals surface area contributed by atoms with Crippen molar-refractivity contribution in [2.24, 2.45) is 0 Å². The molecule has 1 fully saturated rings. The number of hydrogen-bond donors (Lipinski definition) is 1. The highest BCUT2D eigenvalue weighted by molar-refractivity contribution is 5.76. The van der Waals surface area contributed by atoms with Crippen molar-refractivity contribution < 1.29 is 41.0 Å². The van der Waals surface area contributed by atoms with E-state index in [1.165, 1.54) is 0 Å². The number of aryl methyl sites for hydroxylation is 1. The Kier molecular flexibility index (Phi) is 9.53. The number of benzene rings is 2. The summed E-state index contributed by atoms with van der Waals surface area (Å²) in [6, 6.07) is 12.3. The molecule has 12 heteroatoms. The molecule has 1 aliphatic heterocycles. The smallest absolute Gasteiger partial charge is 0.430 e. The molecular weight excluding hydrogens is 576 g/mol. The summed E-state index contributed by atoms with van der Waals surface area (Å²) in [6.45, 7) is 8.27. The highest BCUT2D eigenvalue weighted by atomic mass is 19.4. The number of piperazine rings is 1. The molecule has 1 aliphatic rings. The van der Waals surface area contributed by atoms with E-state index in [2.05, 4.69) is 9.88 Å². The number of halogens is 6. The third-order valence-electron chi connectivity index (χ3n) is 7.47. The SMILES string of the molecule is Cc1cc(CN2CCN(Cc3ccncc3)C[C@@H]2C(=O)OC(C)C)ccc1-c1ccc(C(O)(C(F)(F)F)C(F)(F)F)cc1. The van der Waals surface area contributed by atoms with Crippen molar-refractivity contribution in [3.8, 4) is 11.1 Å². The van der Waals surface area contributed by atoms with Gasteiger partial charge in [0.05, 0.1) is 6.10 Å². The lowest BCUT2D eigenvalue weighted by Gasteiger charge is -2.40. The van der Waals surface area contributed by atoms with Crippen molar-refractivity contribution in [3.63, 3.8) is 0 Å². The zero-order chi connectivity index (χ0) is 31.6. The van der Waals surface area contributed by atoms with Gasteiger partial charge in [-0.1, -0.05) is 42.5 Å². The number of ether oxygens (including phenoxy) is 1. The van der Waals surface area contributed by atoms with Crippen LogP contribution in [0, 0.1) is 6.92 Å². The average Bonchev–Trinajstić information content (AvgIpc) is 2.92. The summed E-state index contributed by atoms with van der Waals surface area (Å²) >= 11 is 0. The van der Waals surface area contributed by atoms with Crippen LogP contribution in [0.1, 0.15) is 36.1 Å². The maximum absolute atomic E-state index is 13.3. The third kappa shape index (κ3) is 7.19. The van der Waals surface area contributed by atoms with Crippen LogP contribution in [-0.4, -0.2) is 70.0 Å². The van der Waals surface area contributed by atoms with E-state index in [1.807, 2.05) is 29.2 Å². The van der Waals surface area contributed by atoms with E-state index in [4.69, 9.17) is 4.74 Å². The molecule has 232 valence electrons. The molecule has 2 heterocycles. The maximum atomic E-state index is 13.3. The van der Waals surface area contributed by atoms with E-state index in [0.717, 1.165) is 35.4 Å². The van der Waals surface area contributed by atoms with Gasteiger partial charge in [0, 0.05) is 50.7 Å². The molecule has 1 N–H and O–H groups in total. The monoisotopic (exact) mass is 609 g/mol. The summed E-state index contributed by atoms with van der Waals surface area (Å²) in [5.74, 6) is -0.319. The Morgan fingerprint density at radius 1 is 0.930 bits per heavy atom. The maximum Gasteiger partial charge on any atom is 0.430 e. The van der Waals surface area contributed by atoms with Crippen LogP contribution in [0.5, 0.6) is 0 Å². The molecule has 4 rings (SSSR count). The molecule has 0 unspecified atom stereocenters. The minimum absolute atomic E-state index is 0.277. The van der Waals surface area contributed by atoms with Crippen molar-refractivity contribution in [1.82, 2.24) is 14.8 Å². The molecule has 0 saturated carbocycles. The molecule has 3 aromatic rings. The Hall–Kier alpha value is -3.48. The number of carbonyl (C=O) groups excluding carboxylic acids is 1. The third-order valence-corrected chi connectivity index (χ3v) is 7.47. The number of aromatic nitrogens is 1. The minimum Gasteiger partial charge on any atom is -0.462 e. The largest absolute Gasteiger partial charge is 0.462 e. The van der Waals surface area contributed by atoms with E-state index >= 15 is 0 Å². The van der Waals surface area contributed by atoms with Crippen LogP contribution in [0.3, 0.4) is 0 Å². The lowest BCUT2D eigenvalue weighted by Crippen LogP contribution is -2.56. The molecule has 43 heavy (non-hydrogen) atoms. The van der Waals surface area contributed by atoms with Crippen LogP contribution in [0.25, 0.3) is 11.1 Å². The molecular formula is C31H33F6N3O3. The van der Waals surface area contributed by atoms with Crippen molar-refractivity contribution in [1.29, 1.82) is 0 Å². The molecule has 0 spiro atoms. The minimum atomic E-state index is -5.95. The summed E-state index contributed by atoms with van der Waals surface area (Å²) in [5, 5.41) is 9.67. The number of pyridine rings is 1. The lowest BCUT2D eigenvalue weighted by molar-refractivity contribution is -0.376. The van der Waals surface area contributed by atoms with Gasteiger partial charge >= 0.3 is 18.3 Å². The summed E-state index contributed by atoms with van der Waals surface area (Å²) in [6.07, 6.45) is -8.73. The Morgan fingerprint density at radius 3 is 2.12 bits per heavy atom. The van der Waals surface area contributed by atoms with Gasteiger partial charge in [-0.3, -0.25) is 19.6 Å². The molecule has 0 radical (unpaired) electrons. The second-order valence-electron chi connectivity index (χ2n) is 11.0. The average molecular weight is 610 g/mol. The van der Waals surface area contributed by atoms with E-state index < -0.39 is 29.6 Å². The number of alkyl halides is 6. The topological polar surface area (TPSA) is 65.9 Å². The molecule has 0 amide bonds. The normalized spacial score (nSPS) is 17.3. The Labute approximate surface area is 245 Å². The fourth-order valence-corrected chi connectivity index (χ4v) is 5.25. The van der Waals surface area contributed by atoms with E-state index in [9.17, 15) is 36.2 Å². The first-order valence-electron chi connectivity index (χ1n) is 13.7. The van der Waals surface area contributed by atoms with Crippen molar-refractivity contribution in [2.75, 3.05) is 19.6 Å². The molecule has 6 nitrogen and oxygen atoms in total. The van der Waals surface area contributed by atoms with Crippen molar-refractivity contribution in [3.05, 3.63) is 89.2 Å². The first-order chi connectivity index (χ1) is 20.1. The number of hydrogen-bond acceptors (Lipinski definition) is 6. The van der Waals surface area contributed by atoms with E-state index in [-0.39, 0.29) is 12.1 Å². The van der Waals surface area contributed by atoms with Crippen LogP contribution in [-0.2, 0) is 28.2 Å². The number of carbonyl (C=O) groups is 1. The van der Waals surface area contributed by atoms with Gasteiger partial charge in [0.1, 0.15) is 6.04 Å². The van der Waals surface area contributed by atoms with Crippen LogP contribution >= 0.6 is 0 Å². The van der Waals surface area contributed by atoms with Crippen LogP contribution < -0.4 is 0 Å². The zero-order valence-electron chi connectivity index (χ0n) is 23.9. The molecule has 1 aromatic heterocycles. The van der Waals surface area contributed by atoms with Gasteiger partial charge in [-0.2, -0.15) is 26.3 Å². The lowest BCUT2D eigenvalue weighted by atomic mass is 9.90. The standard InChI is InChI=1S/C31H33F6N3O3/c1-20(2)43-28(41)27-19-39(17-22-10-12-38-13-11-22)14-15-40(27)18-23-4-9-26(21(3)16-23)24-5-7-25(8-6-24)29(42,30(32,33)34)31(35,36)37/h4-13,16,20,27,42H,14-15,17-19H2,1-3H3/t27-/m1/s1. The molecule has 1 atom stereocenters. The van der Waals surface area contributed by atoms with Crippen molar-refractivity contribution in [2.45, 2.75) is 64.0 Å². The Balaban J connectivity index is 1.52. The Bertz CT molecular complexity index is 1380. The molecule has 2 aromatic carbocycles. The number of rotatable bonds is 8. The van der Waals surface area contributed by atoms with Gasteiger partial charge in [0.15, 0.2) is 0 Å². The zero-order valence-corrected chi connectivity index (χ0v) is 23.9. The van der Waals surface area contributed by atoms with Crippen LogP contribution in [0.15, 0.2) is 67.0 Å². The first kappa shape index (κ1) is 32.4. The van der Waals surface area contributed by atoms with Gasteiger partial charge in [0.2, 0.25) is 0 Å². The number of aliphatic hydroxyl groups is 1. The van der Waals surface area contributed by atoms with Crippen LogP contribution in [0.2, 0.25) is 0 Å². The summed E-state index contributed by atoms with van der Waals surface area (Å²) in [4.78, 5) is 21.4. The fraction of sp³-hybridized carbons (Fsp3) is 0.419. The second-order valence-corrected chi connectivity index (χ2v) is 11.0. The predicted molar refractivity (Wildman–Crippen MR) is 148 cm³/mol. The molecule has 0 bridgehead atoms. The van der Waals surface area contributed by atoms with Gasteiger partial charge in [-0.15, -0.1) is 0 Å². The quantitative estimate of drug-likeness (QED) is 0.250. The van der Waals surface area contributed by atoms with E-state index in [1.54, 1.807) is 39.2 Å². The highest BCUT2D eigenvalue weighted by Crippen LogP contribution is 2.50. The summed E-state index contributed by atoms with van der Waals surface area (Å²) in [5.41, 5.74) is -2.59. The van der Waals surface area contributed by atoms with Crippen molar-refractivity contribution >= 4 is 5.97 Å². The number of esters is 1. The van der Waals surface area contributed by atoms with Gasteiger partial charge in [-0.05, 0) is 60.7 Å². The van der Waals surface area contributed by atoms with Crippen LogP contribution in [0.4, 0.5) is 26.3 Å². The predicted octanol–water partition coefficient (Wildman–Crippen LogP) is 6.01. The van der Waals surface area contributed by atoms with E-state index in [0.29, 0.717) is 49.4 Å². The summed E-state index contributed by atoms with van der Waals surface area (Å²) in [7, 11) is 0. The fourth-order valence-electron chi connectivity index (χ4n) is 5.25. The van der Waals surface area contributed by atoms with Gasteiger partial charge < -0.3 is 9.84 Å². The number of nitrogens with zero attached hydrogens (tertiary/aromatic N) is 3. The molecule has 0 aliphatic carbocycles. The summed E-state index contributed by atoms with van der Waals surface area (Å²) < 4.78 is 85.1. The highest BCUT2D eigenvalue weighted by Gasteiger charge is 2.71. The Morgan fingerprint density at radius 2 is 1.56 bits per heavy atom.